The van der Waals surface area contributed by atoms with Gasteiger partial charge in [0.2, 0.25) is 5.91 Å². The van der Waals surface area contributed by atoms with E-state index in [1.165, 1.54) is 0 Å². The van der Waals surface area contributed by atoms with Gasteiger partial charge in [0.1, 0.15) is 11.6 Å². The van der Waals surface area contributed by atoms with E-state index in [9.17, 15) is 9.59 Å². The smallest absolute Gasteiger partial charge is 0.248 e. The molecule has 3 aromatic carbocycles. The fourth-order valence-corrected chi connectivity index (χ4v) is 2.99. The van der Waals surface area contributed by atoms with Crippen molar-refractivity contribution in [2.75, 3.05) is 7.11 Å². The molecule has 0 aliphatic rings. The minimum atomic E-state index is -0.487. The third kappa shape index (κ3) is 3.23. The Morgan fingerprint density at radius 3 is 2.11 bits per heavy atom. The molecule has 28 heavy (non-hydrogen) atoms. The fourth-order valence-electron chi connectivity index (χ4n) is 2.99. The quantitative estimate of drug-likeness (QED) is 0.524. The molecule has 1 amide bonds. The molecule has 3 N–H and O–H groups in total. The third-order valence-electron chi connectivity index (χ3n) is 4.54. The summed E-state index contributed by atoms with van der Waals surface area (Å²) in [6.07, 6.45) is 0. The van der Waals surface area contributed by atoms with E-state index in [1.54, 1.807) is 61.7 Å². The number of fused-ring (bicyclic) bond motifs is 1. The number of ether oxygens (including phenoxy) is 1. The highest BCUT2D eigenvalue weighted by molar-refractivity contribution is 6.09. The number of methoxy groups -OCH3 is 1. The number of primary amides is 1. The van der Waals surface area contributed by atoms with Crippen molar-refractivity contribution in [2.24, 2.45) is 5.73 Å². The molecule has 0 unspecified atom stereocenters. The van der Waals surface area contributed by atoms with Crippen molar-refractivity contribution in [1.29, 1.82) is 0 Å². The second kappa shape index (κ2) is 7.00. The molecule has 0 atom stereocenters. The number of ketones is 1. The van der Waals surface area contributed by atoms with Gasteiger partial charge in [0.05, 0.1) is 18.1 Å². The number of nitrogens with two attached hydrogens (primary N) is 1. The first-order valence-electron chi connectivity index (χ1n) is 8.64. The molecule has 0 aliphatic heterocycles. The van der Waals surface area contributed by atoms with E-state index < -0.39 is 5.91 Å². The summed E-state index contributed by atoms with van der Waals surface area (Å²) >= 11 is 0. The second-order valence-electron chi connectivity index (χ2n) is 6.32. The zero-order valence-electron chi connectivity index (χ0n) is 15.1. The number of hydrogen-bond acceptors (Lipinski definition) is 4. The Morgan fingerprint density at radius 2 is 1.50 bits per heavy atom. The van der Waals surface area contributed by atoms with Crippen LogP contribution in [0.15, 0.2) is 66.7 Å². The van der Waals surface area contributed by atoms with Gasteiger partial charge in [-0.3, -0.25) is 9.59 Å². The molecule has 4 rings (SSSR count). The van der Waals surface area contributed by atoms with Gasteiger partial charge in [0.25, 0.3) is 0 Å². The van der Waals surface area contributed by atoms with Gasteiger partial charge in [0, 0.05) is 22.3 Å². The molecule has 6 nitrogen and oxygen atoms in total. The Kier molecular flexibility index (Phi) is 4.37. The van der Waals surface area contributed by atoms with Crippen LogP contribution in [0.25, 0.3) is 22.4 Å². The van der Waals surface area contributed by atoms with Crippen molar-refractivity contribution in [1.82, 2.24) is 9.97 Å². The van der Waals surface area contributed by atoms with Gasteiger partial charge < -0.3 is 15.5 Å². The van der Waals surface area contributed by atoms with Crippen molar-refractivity contribution in [3.8, 4) is 17.1 Å². The van der Waals surface area contributed by atoms with Gasteiger partial charge in [0.15, 0.2) is 5.78 Å². The van der Waals surface area contributed by atoms with Crippen LogP contribution >= 0.6 is 0 Å². The van der Waals surface area contributed by atoms with Crippen LogP contribution in [-0.2, 0) is 0 Å². The number of H-pyrrole nitrogens is 1. The SMILES string of the molecule is COc1ccc(C(=O)c2ccc(-c3nc4ccc(C(N)=O)cc4[nH]3)cc2)cc1. The van der Waals surface area contributed by atoms with E-state index in [1.807, 2.05) is 12.1 Å². The third-order valence-corrected chi connectivity index (χ3v) is 4.54. The molecule has 1 heterocycles. The summed E-state index contributed by atoms with van der Waals surface area (Å²) in [6, 6.07) is 19.3. The average molecular weight is 371 g/mol. The molecule has 138 valence electrons. The molecule has 0 saturated heterocycles. The molecule has 4 aromatic rings. The van der Waals surface area contributed by atoms with E-state index >= 15 is 0 Å². The van der Waals surface area contributed by atoms with E-state index in [2.05, 4.69) is 9.97 Å². The molecular formula is C22H17N3O3. The first-order chi connectivity index (χ1) is 13.5. The Bertz CT molecular complexity index is 1180. The predicted octanol–water partition coefficient (Wildman–Crippen LogP) is 3.57. The standard InChI is InChI=1S/C22H17N3O3/c1-28-17-9-6-14(7-10-17)20(26)13-2-4-15(5-3-13)22-24-18-11-8-16(21(23)27)12-19(18)25-22/h2-12H,1H3,(H2,23,27)(H,24,25). The molecule has 0 spiro atoms. The maximum atomic E-state index is 12.6. The van der Waals surface area contributed by atoms with Crippen LogP contribution in [0.3, 0.4) is 0 Å². The summed E-state index contributed by atoms with van der Waals surface area (Å²) in [7, 11) is 1.59. The maximum absolute atomic E-state index is 12.6. The number of aromatic amines is 1. The highest BCUT2D eigenvalue weighted by Gasteiger charge is 2.11. The van der Waals surface area contributed by atoms with Crippen LogP contribution in [-0.4, -0.2) is 28.8 Å². The number of nitrogens with zero attached hydrogens (tertiary/aromatic N) is 1. The highest BCUT2D eigenvalue weighted by atomic mass is 16.5. The molecular weight excluding hydrogens is 354 g/mol. The Morgan fingerprint density at radius 1 is 0.893 bits per heavy atom. The van der Waals surface area contributed by atoms with Crippen LogP contribution in [0, 0.1) is 0 Å². The Hall–Kier alpha value is -3.93. The molecule has 0 aliphatic carbocycles. The summed E-state index contributed by atoms with van der Waals surface area (Å²) in [5.74, 6) is 0.806. The van der Waals surface area contributed by atoms with Crippen molar-refractivity contribution in [3.63, 3.8) is 0 Å². The topological polar surface area (TPSA) is 98.1 Å². The predicted molar refractivity (Wildman–Crippen MR) is 106 cm³/mol. The maximum Gasteiger partial charge on any atom is 0.248 e. The summed E-state index contributed by atoms with van der Waals surface area (Å²) in [6.45, 7) is 0. The lowest BCUT2D eigenvalue weighted by molar-refractivity contribution is 0.0998. The molecule has 1 aromatic heterocycles. The number of amides is 1. The number of carbonyl (C=O) groups is 2. The number of aromatic nitrogens is 2. The number of benzene rings is 3. The summed E-state index contributed by atoms with van der Waals surface area (Å²) in [5.41, 5.74) is 9.21. The Balaban J connectivity index is 1.61. The molecule has 6 heteroatoms. The van der Waals surface area contributed by atoms with Crippen molar-refractivity contribution < 1.29 is 14.3 Å². The summed E-state index contributed by atoms with van der Waals surface area (Å²) in [4.78, 5) is 31.7. The fraction of sp³-hybridized carbons (Fsp3) is 0.0455. The number of nitrogens with one attached hydrogen (secondary N) is 1. The number of hydrogen-bond donors (Lipinski definition) is 2. The van der Waals surface area contributed by atoms with Crippen LogP contribution in [0.5, 0.6) is 5.75 Å². The molecule has 0 radical (unpaired) electrons. The number of imidazole rings is 1. The zero-order chi connectivity index (χ0) is 19.7. The molecule has 0 bridgehead atoms. The summed E-state index contributed by atoms with van der Waals surface area (Å²) in [5, 5.41) is 0. The van der Waals surface area contributed by atoms with Crippen LogP contribution in [0.2, 0.25) is 0 Å². The van der Waals surface area contributed by atoms with Gasteiger partial charge in [-0.2, -0.15) is 0 Å². The van der Waals surface area contributed by atoms with E-state index in [4.69, 9.17) is 10.5 Å². The lowest BCUT2D eigenvalue weighted by atomic mass is 10.0. The lowest BCUT2D eigenvalue weighted by Crippen LogP contribution is -2.10. The zero-order valence-corrected chi connectivity index (χ0v) is 15.1. The minimum absolute atomic E-state index is 0.0649. The van der Waals surface area contributed by atoms with Gasteiger partial charge in [-0.25, -0.2) is 4.98 Å². The normalized spacial score (nSPS) is 10.8. The van der Waals surface area contributed by atoms with Gasteiger partial charge >= 0.3 is 0 Å². The van der Waals surface area contributed by atoms with E-state index in [-0.39, 0.29) is 5.78 Å². The van der Waals surface area contributed by atoms with Gasteiger partial charge in [-0.05, 0) is 42.5 Å². The van der Waals surface area contributed by atoms with Crippen molar-refractivity contribution >= 4 is 22.7 Å². The van der Waals surface area contributed by atoms with E-state index in [0.29, 0.717) is 28.3 Å². The van der Waals surface area contributed by atoms with Gasteiger partial charge in [-0.15, -0.1) is 0 Å². The highest BCUT2D eigenvalue weighted by Crippen LogP contribution is 2.23. The van der Waals surface area contributed by atoms with Crippen LogP contribution < -0.4 is 10.5 Å². The van der Waals surface area contributed by atoms with Crippen LogP contribution in [0.4, 0.5) is 0 Å². The van der Waals surface area contributed by atoms with Crippen molar-refractivity contribution in [3.05, 3.63) is 83.4 Å². The molecule has 0 saturated carbocycles. The average Bonchev–Trinajstić information content (AvgIpc) is 3.17. The monoisotopic (exact) mass is 371 g/mol. The van der Waals surface area contributed by atoms with E-state index in [0.717, 1.165) is 16.6 Å². The largest absolute Gasteiger partial charge is 0.497 e. The van der Waals surface area contributed by atoms with Crippen molar-refractivity contribution in [2.45, 2.75) is 0 Å². The molecule has 0 fully saturated rings. The first-order valence-corrected chi connectivity index (χ1v) is 8.64. The number of rotatable bonds is 5. The second-order valence-corrected chi connectivity index (χ2v) is 6.32. The first kappa shape index (κ1) is 17.5. The lowest BCUT2D eigenvalue weighted by Gasteiger charge is -2.04. The van der Waals surface area contributed by atoms with Gasteiger partial charge in [-0.1, -0.05) is 24.3 Å². The Labute approximate surface area is 161 Å². The minimum Gasteiger partial charge on any atom is -0.497 e. The summed E-state index contributed by atoms with van der Waals surface area (Å²) < 4.78 is 5.12. The number of carbonyl (C=O) groups excluding carboxylic acids is 2. The van der Waals surface area contributed by atoms with Crippen LogP contribution in [0.1, 0.15) is 26.3 Å².